The average molecular weight is 496 g/mol. The summed E-state index contributed by atoms with van der Waals surface area (Å²) in [5.41, 5.74) is 0.406. The van der Waals surface area contributed by atoms with Crippen LogP contribution in [0.25, 0.3) is 11.3 Å². The number of aliphatic hydroxyl groups is 1. The second kappa shape index (κ2) is 10.3. The largest absolute Gasteiger partial charge is 0.390 e. The van der Waals surface area contributed by atoms with E-state index in [0.717, 1.165) is 5.56 Å². The molecule has 1 saturated carbocycles. The zero-order chi connectivity index (χ0) is 25.9. The number of anilines is 1. The first-order chi connectivity index (χ1) is 17.0. The summed E-state index contributed by atoms with van der Waals surface area (Å²) in [6.07, 6.45) is 1.52. The molecular formula is C27H31F2N5O2. The maximum Gasteiger partial charge on any atom is 0.251 e. The summed E-state index contributed by atoms with van der Waals surface area (Å²) < 4.78 is 28.4. The number of hydrogen-bond acceptors (Lipinski definition) is 6. The Morgan fingerprint density at radius 3 is 2.64 bits per heavy atom. The third kappa shape index (κ3) is 6.02. The van der Waals surface area contributed by atoms with Gasteiger partial charge in [-0.25, -0.2) is 8.78 Å². The number of benzene rings is 1. The number of amides is 1. The van der Waals surface area contributed by atoms with Crippen molar-refractivity contribution in [1.29, 1.82) is 0 Å². The molecule has 3 N–H and O–H groups in total. The monoisotopic (exact) mass is 495 g/mol. The van der Waals surface area contributed by atoms with Crippen molar-refractivity contribution in [3.63, 3.8) is 0 Å². The average Bonchev–Trinajstić information content (AvgIpc) is 2.82. The second-order valence-electron chi connectivity index (χ2n) is 10.2. The third-order valence-corrected chi connectivity index (χ3v) is 6.51. The van der Waals surface area contributed by atoms with E-state index >= 15 is 0 Å². The summed E-state index contributed by atoms with van der Waals surface area (Å²) in [5, 5.41) is 24.4. The van der Waals surface area contributed by atoms with Crippen LogP contribution in [0.2, 0.25) is 0 Å². The Kier molecular flexibility index (Phi) is 7.31. The molecule has 2 atom stereocenters. The molecule has 1 aromatic carbocycles. The van der Waals surface area contributed by atoms with Gasteiger partial charge in [-0.3, -0.25) is 9.78 Å². The Balaban J connectivity index is 1.43. The molecule has 1 aliphatic rings. The summed E-state index contributed by atoms with van der Waals surface area (Å²) in [6, 6.07) is 13.4. The summed E-state index contributed by atoms with van der Waals surface area (Å²) in [5.74, 6) is -0.221. The molecule has 0 aliphatic heterocycles. The van der Waals surface area contributed by atoms with Gasteiger partial charge in [-0.15, -0.1) is 10.2 Å². The lowest BCUT2D eigenvalue weighted by atomic mass is 9.77. The summed E-state index contributed by atoms with van der Waals surface area (Å²) in [7, 11) is 0. The van der Waals surface area contributed by atoms with Crippen LogP contribution in [0.5, 0.6) is 0 Å². The van der Waals surface area contributed by atoms with E-state index in [-0.39, 0.29) is 30.6 Å². The van der Waals surface area contributed by atoms with Gasteiger partial charge in [0.15, 0.2) is 0 Å². The number of carbonyl (C=O) groups is 1. The zero-order valence-electron chi connectivity index (χ0n) is 20.6. The first-order valence-electron chi connectivity index (χ1n) is 12.0. The van der Waals surface area contributed by atoms with Gasteiger partial charge in [-0.1, -0.05) is 19.1 Å². The molecule has 190 valence electrons. The smallest absolute Gasteiger partial charge is 0.251 e. The van der Waals surface area contributed by atoms with E-state index in [2.05, 4.69) is 25.8 Å². The van der Waals surface area contributed by atoms with E-state index in [1.54, 1.807) is 44.2 Å². The lowest BCUT2D eigenvalue weighted by molar-refractivity contribution is -0.0366. The van der Waals surface area contributed by atoms with Gasteiger partial charge < -0.3 is 15.7 Å². The lowest BCUT2D eigenvalue weighted by Crippen LogP contribution is -2.53. The van der Waals surface area contributed by atoms with Gasteiger partial charge in [0.2, 0.25) is 0 Å². The highest BCUT2D eigenvalue weighted by Crippen LogP contribution is 2.32. The maximum absolute atomic E-state index is 14.4. The normalized spacial score (nSPS) is 21.7. The number of carbonyl (C=O) groups excluding carboxylic acids is 1. The molecule has 1 fully saturated rings. The molecule has 0 unspecified atom stereocenters. The topological polar surface area (TPSA) is 100 Å². The van der Waals surface area contributed by atoms with Crippen molar-refractivity contribution in [3.05, 3.63) is 71.8 Å². The molecule has 0 spiro atoms. The van der Waals surface area contributed by atoms with Gasteiger partial charge in [-0.2, -0.15) is 0 Å². The van der Waals surface area contributed by atoms with Gasteiger partial charge >= 0.3 is 0 Å². The maximum atomic E-state index is 14.4. The number of nitrogens with zero attached hydrogens (tertiary/aromatic N) is 3. The minimum absolute atomic E-state index is 0.0352. The fourth-order valence-electron chi connectivity index (χ4n) is 4.76. The third-order valence-electron chi connectivity index (χ3n) is 6.51. The van der Waals surface area contributed by atoms with E-state index in [4.69, 9.17) is 0 Å². The van der Waals surface area contributed by atoms with E-state index in [1.807, 2.05) is 6.07 Å². The van der Waals surface area contributed by atoms with E-state index < -0.39 is 23.0 Å². The van der Waals surface area contributed by atoms with Crippen molar-refractivity contribution < 1.29 is 18.7 Å². The molecule has 2 aromatic heterocycles. The van der Waals surface area contributed by atoms with Gasteiger partial charge in [-0.05, 0) is 69.5 Å². The van der Waals surface area contributed by atoms with Crippen molar-refractivity contribution in [1.82, 2.24) is 20.5 Å². The molecule has 0 bridgehead atoms. The highest BCUT2D eigenvalue weighted by Gasteiger charge is 2.39. The molecule has 0 saturated heterocycles. The molecule has 36 heavy (non-hydrogen) atoms. The van der Waals surface area contributed by atoms with Crippen LogP contribution in [0, 0.1) is 5.82 Å². The summed E-state index contributed by atoms with van der Waals surface area (Å²) in [6.45, 7) is 5.18. The van der Waals surface area contributed by atoms with Crippen LogP contribution >= 0.6 is 0 Å². The highest BCUT2D eigenvalue weighted by atomic mass is 19.1. The van der Waals surface area contributed by atoms with Crippen LogP contribution in [0.15, 0.2) is 54.7 Å². The number of halogens is 2. The van der Waals surface area contributed by atoms with Crippen LogP contribution < -0.4 is 10.6 Å². The molecule has 1 amide bonds. The van der Waals surface area contributed by atoms with Crippen LogP contribution in [-0.2, 0) is 5.41 Å². The molecule has 0 radical (unpaired) electrons. The Morgan fingerprint density at radius 1 is 1.22 bits per heavy atom. The SMILES string of the molecule is C[C@H](F)C[C@@](C)(CNc1ccc(-c2cccc(C(=O)NC3CC(C)(O)C3)c2)nn1)c1ncccc1F. The van der Waals surface area contributed by atoms with Gasteiger partial charge in [0.25, 0.3) is 5.91 Å². The first-order valence-corrected chi connectivity index (χ1v) is 12.0. The van der Waals surface area contributed by atoms with E-state index in [1.165, 1.54) is 25.3 Å². The fourth-order valence-corrected chi connectivity index (χ4v) is 4.76. The molecule has 1 aliphatic carbocycles. The van der Waals surface area contributed by atoms with Crippen LogP contribution in [0.4, 0.5) is 14.6 Å². The van der Waals surface area contributed by atoms with Crippen molar-refractivity contribution in [3.8, 4) is 11.3 Å². The van der Waals surface area contributed by atoms with Crippen LogP contribution in [-0.4, -0.2) is 50.6 Å². The number of nitrogens with one attached hydrogen (secondary N) is 2. The number of alkyl halides is 1. The van der Waals surface area contributed by atoms with Gasteiger partial charge in [0.1, 0.15) is 11.6 Å². The Morgan fingerprint density at radius 2 is 2.00 bits per heavy atom. The second-order valence-corrected chi connectivity index (χ2v) is 10.2. The van der Waals surface area contributed by atoms with E-state index in [9.17, 15) is 18.7 Å². The zero-order valence-corrected chi connectivity index (χ0v) is 20.6. The molecule has 9 heteroatoms. The summed E-state index contributed by atoms with van der Waals surface area (Å²) in [4.78, 5) is 16.8. The van der Waals surface area contributed by atoms with Gasteiger partial charge in [0, 0.05) is 35.3 Å². The predicted molar refractivity (Wildman–Crippen MR) is 134 cm³/mol. The first kappa shape index (κ1) is 25.6. The van der Waals surface area contributed by atoms with Crippen LogP contribution in [0.1, 0.15) is 56.1 Å². The lowest BCUT2D eigenvalue weighted by Gasteiger charge is -2.41. The fraction of sp³-hybridized carbons (Fsp3) is 0.407. The highest BCUT2D eigenvalue weighted by molar-refractivity contribution is 5.95. The predicted octanol–water partition coefficient (Wildman–Crippen LogP) is 4.44. The quantitative estimate of drug-likeness (QED) is 0.406. The molecule has 4 rings (SSSR count). The van der Waals surface area contributed by atoms with E-state index in [0.29, 0.717) is 29.9 Å². The molecule has 2 heterocycles. The van der Waals surface area contributed by atoms with Crippen molar-refractivity contribution in [2.24, 2.45) is 0 Å². The Bertz CT molecular complexity index is 1210. The van der Waals surface area contributed by atoms with Crippen molar-refractivity contribution >= 4 is 11.7 Å². The Labute approximate surface area is 209 Å². The Hall–Kier alpha value is -3.46. The summed E-state index contributed by atoms with van der Waals surface area (Å²) >= 11 is 0. The number of pyridine rings is 1. The number of rotatable bonds is 9. The van der Waals surface area contributed by atoms with Gasteiger partial charge in [0.05, 0.1) is 23.2 Å². The standard InChI is InChI=1S/C27H31F2N5O2/c1-17(28)13-26(2,24-21(29)8-5-11-30-24)16-31-23-10-9-22(33-34-23)18-6-4-7-19(12-18)25(35)32-20-14-27(3,36)15-20/h4-12,17,20,36H,13-16H2,1-3H3,(H,31,34)(H,32,35)/t17-,20?,26-,27?/m0/s1. The molecular weight excluding hydrogens is 464 g/mol. The molecule has 7 nitrogen and oxygen atoms in total. The number of hydrogen-bond donors (Lipinski definition) is 3. The molecule has 3 aromatic rings. The van der Waals surface area contributed by atoms with Crippen molar-refractivity contribution in [2.45, 2.75) is 63.3 Å². The minimum Gasteiger partial charge on any atom is -0.390 e. The number of aromatic nitrogens is 3. The van der Waals surface area contributed by atoms with Crippen molar-refractivity contribution in [2.75, 3.05) is 11.9 Å². The van der Waals surface area contributed by atoms with Crippen LogP contribution in [0.3, 0.4) is 0 Å². The minimum atomic E-state index is -1.14.